The van der Waals surface area contributed by atoms with Crippen LogP contribution in [0.1, 0.15) is 0 Å². The van der Waals surface area contributed by atoms with Crippen LogP contribution in [-0.4, -0.2) is 36.5 Å². The first kappa shape index (κ1) is 18.6. The summed E-state index contributed by atoms with van der Waals surface area (Å²) in [6, 6.07) is 6.24. The first-order valence-corrected chi connectivity index (χ1v) is 9.94. The van der Waals surface area contributed by atoms with Crippen LogP contribution in [0.2, 0.25) is 10.2 Å². The number of halogens is 2. The van der Waals surface area contributed by atoms with Gasteiger partial charge < -0.3 is 5.32 Å². The first-order chi connectivity index (χ1) is 12.1. The van der Waals surface area contributed by atoms with Gasteiger partial charge in [-0.1, -0.05) is 23.2 Å². The van der Waals surface area contributed by atoms with Crippen molar-refractivity contribution in [2.75, 3.05) is 22.9 Å². The number of rotatable bonds is 4. The molecule has 2 aromatic heterocycles. The van der Waals surface area contributed by atoms with Gasteiger partial charge in [-0.3, -0.25) is 18.9 Å². The van der Waals surface area contributed by atoms with E-state index in [0.29, 0.717) is 33.1 Å². The molecule has 138 valence electrons. The quantitative estimate of drug-likeness (QED) is 0.637. The van der Waals surface area contributed by atoms with E-state index in [1.807, 2.05) is 0 Å². The van der Waals surface area contributed by atoms with E-state index in [4.69, 9.17) is 23.2 Å². The van der Waals surface area contributed by atoms with Gasteiger partial charge in [-0.05, 0) is 24.3 Å². The van der Waals surface area contributed by atoms with Gasteiger partial charge in [0.15, 0.2) is 5.65 Å². The van der Waals surface area contributed by atoms with Crippen LogP contribution in [0.4, 0.5) is 17.1 Å². The van der Waals surface area contributed by atoms with Crippen LogP contribution >= 0.6 is 23.2 Å². The molecule has 0 fully saturated rings. The molecule has 0 aliphatic rings. The Labute approximate surface area is 159 Å². The van der Waals surface area contributed by atoms with E-state index in [1.165, 1.54) is 23.9 Å². The molecule has 0 spiro atoms. The van der Waals surface area contributed by atoms with Crippen molar-refractivity contribution in [3.8, 4) is 0 Å². The van der Waals surface area contributed by atoms with Crippen molar-refractivity contribution in [1.82, 2.24) is 14.8 Å². The van der Waals surface area contributed by atoms with Crippen LogP contribution in [0.5, 0.6) is 0 Å². The third-order valence-electron chi connectivity index (χ3n) is 3.85. The van der Waals surface area contributed by atoms with Crippen molar-refractivity contribution in [1.29, 1.82) is 0 Å². The minimum atomic E-state index is -3.52. The summed E-state index contributed by atoms with van der Waals surface area (Å²) in [5.41, 5.74) is 1.19. The topological polar surface area (TPSA) is 100 Å². The maximum Gasteiger partial charge on any atom is 0.277 e. The van der Waals surface area contributed by atoms with Gasteiger partial charge in [0.05, 0.1) is 23.3 Å². The number of hydrogen-bond acceptors (Lipinski definition) is 5. The van der Waals surface area contributed by atoms with Gasteiger partial charge in [-0.15, -0.1) is 0 Å². The molecule has 1 aromatic carbocycles. The number of benzene rings is 1. The van der Waals surface area contributed by atoms with Gasteiger partial charge in [0.25, 0.3) is 5.56 Å². The van der Waals surface area contributed by atoms with E-state index in [-0.39, 0.29) is 10.7 Å². The van der Waals surface area contributed by atoms with E-state index in [2.05, 4.69) is 15.4 Å². The molecule has 0 aliphatic heterocycles. The number of anilines is 3. The molecule has 0 amide bonds. The normalized spacial score (nSPS) is 11.7. The van der Waals surface area contributed by atoms with Gasteiger partial charge in [-0.2, -0.15) is 0 Å². The molecule has 0 aliphatic carbocycles. The van der Waals surface area contributed by atoms with Crippen LogP contribution < -0.4 is 15.2 Å². The predicted octanol–water partition coefficient (Wildman–Crippen LogP) is 2.71. The number of aryl methyl sites for hydroxylation is 1. The summed E-state index contributed by atoms with van der Waals surface area (Å²) in [7, 11) is -0.542. The second kappa shape index (κ2) is 6.49. The third-order valence-corrected chi connectivity index (χ3v) is 5.47. The van der Waals surface area contributed by atoms with Gasteiger partial charge in [-0.25, -0.2) is 13.4 Å². The lowest BCUT2D eigenvalue weighted by molar-refractivity contribution is 0.600. The monoisotopic (exact) mass is 415 g/mol. The van der Waals surface area contributed by atoms with Crippen molar-refractivity contribution in [2.45, 2.75) is 0 Å². The van der Waals surface area contributed by atoms with E-state index in [9.17, 15) is 13.2 Å². The summed E-state index contributed by atoms with van der Waals surface area (Å²) in [4.78, 5) is 16.5. The molecule has 3 rings (SSSR count). The van der Waals surface area contributed by atoms with Crippen molar-refractivity contribution in [3.63, 3.8) is 0 Å². The highest BCUT2D eigenvalue weighted by atomic mass is 35.5. The highest BCUT2D eigenvalue weighted by molar-refractivity contribution is 7.92. The maximum absolute atomic E-state index is 12.4. The number of H-pyrrole nitrogens is 1. The number of hydrogen-bond donors (Lipinski definition) is 2. The number of sulfonamides is 1. The summed E-state index contributed by atoms with van der Waals surface area (Å²) in [6.07, 6.45) is 1.08. The molecule has 8 nitrogen and oxygen atoms in total. The van der Waals surface area contributed by atoms with Crippen LogP contribution in [0, 0.1) is 0 Å². The molecule has 0 atom stereocenters. The lowest BCUT2D eigenvalue weighted by Gasteiger charge is -2.21. The molecule has 2 heterocycles. The summed E-state index contributed by atoms with van der Waals surface area (Å²) in [5.74, 6) is 0. The van der Waals surface area contributed by atoms with E-state index in [0.717, 1.165) is 10.6 Å². The van der Waals surface area contributed by atoms with Crippen LogP contribution in [0.25, 0.3) is 11.0 Å². The van der Waals surface area contributed by atoms with Gasteiger partial charge in [0.1, 0.15) is 10.5 Å². The maximum atomic E-state index is 12.4. The third kappa shape index (κ3) is 3.37. The average molecular weight is 416 g/mol. The Morgan fingerprint density at radius 2 is 1.92 bits per heavy atom. The van der Waals surface area contributed by atoms with E-state index < -0.39 is 10.0 Å². The fourth-order valence-corrected chi connectivity index (χ4v) is 3.35. The molecular formula is C15H15Cl2N5O3S. The molecule has 0 unspecified atom stereocenters. The zero-order valence-corrected chi connectivity index (χ0v) is 16.4. The summed E-state index contributed by atoms with van der Waals surface area (Å²) in [6.45, 7) is 0. The highest BCUT2D eigenvalue weighted by Gasteiger charge is 2.19. The fraction of sp³-hybridized carbons (Fsp3) is 0.200. The average Bonchev–Trinajstić information content (AvgIpc) is 2.81. The van der Waals surface area contributed by atoms with E-state index in [1.54, 1.807) is 19.2 Å². The zero-order valence-electron chi connectivity index (χ0n) is 14.0. The van der Waals surface area contributed by atoms with Crippen molar-refractivity contribution >= 4 is 61.3 Å². The Morgan fingerprint density at radius 3 is 2.58 bits per heavy atom. The van der Waals surface area contributed by atoms with Crippen molar-refractivity contribution < 1.29 is 8.42 Å². The number of nitrogens with one attached hydrogen (secondary N) is 2. The molecule has 11 heteroatoms. The second-order valence-corrected chi connectivity index (χ2v) is 8.55. The van der Waals surface area contributed by atoms with Crippen LogP contribution in [-0.2, 0) is 17.1 Å². The molecule has 0 bridgehead atoms. The highest BCUT2D eigenvalue weighted by Crippen LogP contribution is 2.34. The Balaban J connectivity index is 2.19. The van der Waals surface area contributed by atoms with Gasteiger partial charge >= 0.3 is 0 Å². The van der Waals surface area contributed by atoms with Crippen molar-refractivity contribution in [2.24, 2.45) is 7.05 Å². The standard InChI is InChI=1S/C15H15Cl2N5O3S/c1-21-15(23)13-10(7-12(17)19-14(13)20-21)18-9-5-4-8(16)6-11(9)22(2)26(3,24)25/h4-7H,1-3H3,(H2,18,19,20). The minimum absolute atomic E-state index is 0.175. The summed E-state index contributed by atoms with van der Waals surface area (Å²) >= 11 is 12.1. The minimum Gasteiger partial charge on any atom is -0.353 e. The number of nitrogens with zero attached hydrogens (tertiary/aromatic N) is 3. The molecule has 0 saturated carbocycles. The lowest BCUT2D eigenvalue weighted by atomic mass is 10.2. The lowest BCUT2D eigenvalue weighted by Crippen LogP contribution is -2.25. The number of aromatic nitrogens is 3. The van der Waals surface area contributed by atoms with Crippen LogP contribution in [0.15, 0.2) is 29.1 Å². The fourth-order valence-electron chi connectivity index (χ4n) is 2.48. The van der Waals surface area contributed by atoms with E-state index >= 15 is 0 Å². The SMILES string of the molecule is CN(c1cc(Cl)ccc1Nc1cc(Cl)nc2[nH]n(C)c(=O)c12)S(C)(=O)=O. The predicted molar refractivity (Wildman–Crippen MR) is 104 cm³/mol. The molecular weight excluding hydrogens is 401 g/mol. The first-order valence-electron chi connectivity index (χ1n) is 7.33. The number of fused-ring (bicyclic) bond motifs is 1. The Hall–Kier alpha value is -2.23. The summed E-state index contributed by atoms with van der Waals surface area (Å²) < 4.78 is 26.3. The molecule has 0 saturated heterocycles. The number of pyridine rings is 1. The molecule has 3 aromatic rings. The summed E-state index contributed by atoms with van der Waals surface area (Å²) in [5, 5.41) is 6.73. The molecule has 26 heavy (non-hydrogen) atoms. The number of aromatic amines is 1. The van der Waals surface area contributed by atoms with Crippen molar-refractivity contribution in [3.05, 3.63) is 44.8 Å². The Morgan fingerprint density at radius 1 is 1.23 bits per heavy atom. The Kier molecular flexibility index (Phi) is 4.63. The van der Waals surface area contributed by atoms with Gasteiger partial charge in [0.2, 0.25) is 10.0 Å². The Bertz CT molecular complexity index is 1170. The smallest absolute Gasteiger partial charge is 0.277 e. The van der Waals surface area contributed by atoms with Crippen LogP contribution in [0.3, 0.4) is 0 Å². The van der Waals surface area contributed by atoms with Gasteiger partial charge in [0, 0.05) is 19.1 Å². The second-order valence-electron chi connectivity index (χ2n) is 5.71. The molecule has 0 radical (unpaired) electrons. The largest absolute Gasteiger partial charge is 0.353 e. The zero-order chi connectivity index (χ0) is 19.2. The molecule has 2 N–H and O–H groups in total.